The van der Waals surface area contributed by atoms with Crippen LogP contribution in [-0.2, 0) is 19.1 Å². The summed E-state index contributed by atoms with van der Waals surface area (Å²) < 4.78 is 14.6. The van der Waals surface area contributed by atoms with Gasteiger partial charge >= 0.3 is 17.8 Å². The second-order valence-electron chi connectivity index (χ2n) is 7.07. The van der Waals surface area contributed by atoms with Crippen molar-refractivity contribution in [2.24, 2.45) is 0 Å². The average Bonchev–Trinajstić information content (AvgIpc) is 2.87. The van der Waals surface area contributed by atoms with E-state index in [0.717, 1.165) is 25.3 Å². The van der Waals surface area contributed by atoms with E-state index in [1.165, 1.54) is 17.0 Å². The summed E-state index contributed by atoms with van der Waals surface area (Å²) in [6, 6.07) is 11.5. The number of hydrogen-bond donors (Lipinski definition) is 1. The fourth-order valence-corrected chi connectivity index (χ4v) is 3.10. The number of phenolic OH excluding ortho intramolecular Hbond substituents is 1. The molecule has 1 atom stereocenters. The van der Waals surface area contributed by atoms with E-state index in [1.807, 2.05) is 0 Å². The summed E-state index contributed by atoms with van der Waals surface area (Å²) in [5.41, 5.74) is -0.998. The lowest BCUT2D eigenvalue weighted by Crippen LogP contribution is -2.31. The molecule has 1 N–H and O–H groups in total. The zero-order valence-corrected chi connectivity index (χ0v) is 19.7. The summed E-state index contributed by atoms with van der Waals surface area (Å²) in [5, 5.41) is 31.2. The van der Waals surface area contributed by atoms with Gasteiger partial charge in [-0.3, -0.25) is 14.9 Å². The minimum atomic E-state index is -1.51. The molecule has 0 saturated heterocycles. The lowest BCUT2D eigenvalue weighted by Gasteiger charge is -2.18. The number of carbonyl (C=O) groups excluding carboxylic acids is 3. The monoisotopic (exact) mass is 497 g/mol. The number of likely N-dealkylation sites (N-methyl/N-ethyl adjacent to an activating group) is 1. The Morgan fingerprint density at radius 2 is 1.83 bits per heavy atom. The van der Waals surface area contributed by atoms with E-state index in [2.05, 4.69) is 4.74 Å². The number of benzene rings is 2. The van der Waals surface area contributed by atoms with Crippen LogP contribution in [0.15, 0.2) is 48.0 Å². The van der Waals surface area contributed by atoms with Gasteiger partial charge in [0.25, 0.3) is 5.91 Å². The number of aromatic hydroxyl groups is 1. The molecule has 0 spiro atoms. The first kappa shape index (κ1) is 27.3. The molecule has 36 heavy (non-hydrogen) atoms. The number of amides is 1. The van der Waals surface area contributed by atoms with Crippen LogP contribution < -0.4 is 4.74 Å². The van der Waals surface area contributed by atoms with Gasteiger partial charge in [0.05, 0.1) is 12.0 Å². The number of carbonyl (C=O) groups is 3. The van der Waals surface area contributed by atoms with Crippen molar-refractivity contribution >= 4 is 29.8 Å². The third kappa shape index (κ3) is 6.57. The van der Waals surface area contributed by atoms with Crippen LogP contribution in [0.3, 0.4) is 0 Å². The van der Waals surface area contributed by atoms with E-state index >= 15 is 0 Å². The summed E-state index contributed by atoms with van der Waals surface area (Å²) in [6.45, 7) is 4.09. The van der Waals surface area contributed by atoms with E-state index < -0.39 is 46.2 Å². The first-order valence-corrected chi connectivity index (χ1v) is 10.6. The molecule has 2 aromatic rings. The van der Waals surface area contributed by atoms with E-state index in [0.29, 0.717) is 13.1 Å². The summed E-state index contributed by atoms with van der Waals surface area (Å²) in [7, 11) is 1.09. The van der Waals surface area contributed by atoms with Gasteiger partial charge in [0, 0.05) is 24.7 Å². The topological polar surface area (TPSA) is 169 Å². The molecular formula is C24H23N3O9. The van der Waals surface area contributed by atoms with Gasteiger partial charge in [-0.25, -0.2) is 9.59 Å². The molecule has 0 aliphatic heterocycles. The third-order valence-corrected chi connectivity index (χ3v) is 4.91. The standard InChI is InChI=1S/C24H23N3O9/c1-4-26(5-2)22(29)17(14-25)11-15-12-18(27(32)33)20(28)19(13-15)35-24(31)36-21(23(30)34-3)16-9-7-6-8-10-16/h6-13,21,28H,4-5H2,1-3H3/b17-11+. The van der Waals surface area contributed by atoms with Crippen LogP contribution >= 0.6 is 0 Å². The van der Waals surface area contributed by atoms with Crippen LogP contribution in [0.1, 0.15) is 31.1 Å². The highest BCUT2D eigenvalue weighted by Gasteiger charge is 2.29. The average molecular weight is 497 g/mol. The van der Waals surface area contributed by atoms with Crippen molar-refractivity contribution in [3.05, 3.63) is 69.3 Å². The molecule has 0 saturated carbocycles. The van der Waals surface area contributed by atoms with Crippen molar-refractivity contribution < 1.29 is 38.6 Å². The van der Waals surface area contributed by atoms with E-state index in [1.54, 1.807) is 38.1 Å². The number of phenols is 1. The van der Waals surface area contributed by atoms with Gasteiger partial charge in [-0.15, -0.1) is 0 Å². The van der Waals surface area contributed by atoms with Crippen molar-refractivity contribution in [2.45, 2.75) is 20.0 Å². The highest BCUT2D eigenvalue weighted by atomic mass is 16.7. The number of esters is 1. The SMILES string of the molecule is CCN(CC)C(=O)/C(C#N)=C/c1cc(OC(=O)OC(C(=O)OC)c2ccccc2)c(O)c([N+](=O)[O-])c1. The number of hydrogen-bond acceptors (Lipinski definition) is 10. The summed E-state index contributed by atoms with van der Waals surface area (Å²) in [5.74, 6) is -3.22. The van der Waals surface area contributed by atoms with E-state index in [-0.39, 0.29) is 16.7 Å². The number of nitriles is 1. The molecule has 0 aliphatic carbocycles. The van der Waals surface area contributed by atoms with Crippen LogP contribution in [0.2, 0.25) is 0 Å². The molecule has 1 unspecified atom stereocenters. The van der Waals surface area contributed by atoms with Gasteiger partial charge in [-0.1, -0.05) is 30.3 Å². The summed E-state index contributed by atoms with van der Waals surface area (Å²) in [6.07, 6.45) is -1.92. The fraction of sp³-hybridized carbons (Fsp3) is 0.250. The van der Waals surface area contributed by atoms with Crippen LogP contribution in [-0.4, -0.2) is 53.2 Å². The van der Waals surface area contributed by atoms with Crippen molar-refractivity contribution in [1.29, 1.82) is 5.26 Å². The summed E-state index contributed by atoms with van der Waals surface area (Å²) in [4.78, 5) is 49.0. The zero-order chi connectivity index (χ0) is 26.8. The Labute approximate surface area is 206 Å². The molecule has 1 amide bonds. The van der Waals surface area contributed by atoms with Gasteiger partial charge in [0.1, 0.15) is 11.6 Å². The first-order valence-electron chi connectivity index (χ1n) is 10.6. The third-order valence-electron chi connectivity index (χ3n) is 4.91. The first-order chi connectivity index (χ1) is 17.2. The Morgan fingerprint density at radius 3 is 2.36 bits per heavy atom. The van der Waals surface area contributed by atoms with Crippen molar-refractivity contribution in [3.8, 4) is 17.6 Å². The predicted molar refractivity (Wildman–Crippen MR) is 125 cm³/mol. The minimum Gasteiger partial charge on any atom is -0.499 e. The lowest BCUT2D eigenvalue weighted by molar-refractivity contribution is -0.385. The van der Waals surface area contributed by atoms with Crippen molar-refractivity contribution in [3.63, 3.8) is 0 Å². The number of nitro benzene ring substituents is 1. The summed E-state index contributed by atoms with van der Waals surface area (Å²) >= 11 is 0. The predicted octanol–water partition coefficient (Wildman–Crippen LogP) is 3.51. The normalized spacial score (nSPS) is 11.6. The molecule has 2 aromatic carbocycles. The van der Waals surface area contributed by atoms with Gasteiger partial charge in [0.15, 0.2) is 5.75 Å². The molecule has 0 radical (unpaired) electrons. The molecule has 12 heteroatoms. The molecule has 0 bridgehead atoms. The Balaban J connectivity index is 2.44. The van der Waals surface area contributed by atoms with Gasteiger partial charge < -0.3 is 24.2 Å². The van der Waals surface area contributed by atoms with Crippen LogP contribution in [0.25, 0.3) is 6.08 Å². The smallest absolute Gasteiger partial charge is 0.499 e. The molecule has 2 rings (SSSR count). The van der Waals surface area contributed by atoms with Gasteiger partial charge in [-0.2, -0.15) is 5.26 Å². The number of nitrogens with zero attached hydrogens (tertiary/aromatic N) is 3. The Morgan fingerprint density at radius 1 is 1.19 bits per heavy atom. The number of ether oxygens (including phenoxy) is 3. The number of rotatable bonds is 9. The number of nitro groups is 1. The Bertz CT molecular complexity index is 1220. The minimum absolute atomic E-state index is 0.0769. The molecule has 0 fully saturated rings. The Hall–Kier alpha value is -4.92. The maximum atomic E-state index is 12.5. The highest BCUT2D eigenvalue weighted by molar-refractivity contribution is 6.01. The second-order valence-corrected chi connectivity index (χ2v) is 7.07. The lowest BCUT2D eigenvalue weighted by atomic mass is 10.1. The molecule has 188 valence electrons. The second kappa shape index (κ2) is 12.5. The Kier molecular flexibility index (Phi) is 9.50. The number of methoxy groups -OCH3 is 1. The molecule has 12 nitrogen and oxygen atoms in total. The highest BCUT2D eigenvalue weighted by Crippen LogP contribution is 2.38. The molecule has 0 aliphatic rings. The maximum absolute atomic E-state index is 12.5. The van der Waals surface area contributed by atoms with Gasteiger partial charge in [-0.05, 0) is 31.6 Å². The van der Waals surface area contributed by atoms with E-state index in [9.17, 15) is 34.9 Å². The van der Waals surface area contributed by atoms with Crippen molar-refractivity contribution in [1.82, 2.24) is 4.90 Å². The maximum Gasteiger partial charge on any atom is 0.515 e. The zero-order valence-electron chi connectivity index (χ0n) is 19.7. The molecular weight excluding hydrogens is 474 g/mol. The molecule has 0 aromatic heterocycles. The van der Waals surface area contributed by atoms with E-state index in [4.69, 9.17) is 9.47 Å². The van der Waals surface area contributed by atoms with Crippen molar-refractivity contribution in [2.75, 3.05) is 20.2 Å². The largest absolute Gasteiger partial charge is 0.515 e. The van der Waals surface area contributed by atoms with Crippen LogP contribution in [0.4, 0.5) is 10.5 Å². The van der Waals surface area contributed by atoms with Crippen LogP contribution in [0, 0.1) is 21.4 Å². The fourth-order valence-electron chi connectivity index (χ4n) is 3.10. The van der Waals surface area contributed by atoms with Crippen LogP contribution in [0.5, 0.6) is 11.5 Å². The van der Waals surface area contributed by atoms with Gasteiger partial charge in [0.2, 0.25) is 11.9 Å². The molecule has 0 heterocycles. The quantitative estimate of drug-likeness (QED) is 0.135.